The van der Waals surface area contributed by atoms with E-state index in [1.165, 1.54) is 77.2 Å². The molecule has 7 aromatic carbocycles. The second kappa shape index (κ2) is 10.2. The van der Waals surface area contributed by atoms with Crippen LogP contribution in [0.5, 0.6) is 0 Å². The van der Waals surface area contributed by atoms with E-state index < -0.39 is 0 Å². The highest BCUT2D eigenvalue weighted by Gasteiger charge is 2.36. The van der Waals surface area contributed by atoms with Crippen molar-refractivity contribution in [2.75, 3.05) is 0 Å². The van der Waals surface area contributed by atoms with Crippen LogP contribution in [-0.4, -0.2) is 0 Å². The van der Waals surface area contributed by atoms with Crippen molar-refractivity contribution >= 4 is 55.6 Å². The topological polar surface area (TPSA) is 13.1 Å². The molecule has 0 saturated heterocycles. The van der Waals surface area contributed by atoms with Crippen molar-refractivity contribution in [3.8, 4) is 33.4 Å². The lowest BCUT2D eigenvalue weighted by molar-refractivity contribution is 0.660. The molecule has 1 heterocycles. The number of rotatable bonds is 4. The molecule has 8 aromatic rings. The van der Waals surface area contributed by atoms with E-state index in [4.69, 9.17) is 4.42 Å². The van der Waals surface area contributed by atoms with Crippen molar-refractivity contribution < 1.29 is 4.42 Å². The van der Waals surface area contributed by atoms with E-state index in [0.29, 0.717) is 0 Å². The molecule has 0 unspecified atom stereocenters. The fourth-order valence-corrected chi connectivity index (χ4v) is 8.12. The van der Waals surface area contributed by atoms with Gasteiger partial charge in [0.1, 0.15) is 11.2 Å². The summed E-state index contributed by atoms with van der Waals surface area (Å²) in [6, 6.07) is 44.6. The monoisotopic (exact) mass is 602 g/mol. The summed E-state index contributed by atoms with van der Waals surface area (Å²) in [4.78, 5) is 0. The van der Waals surface area contributed by atoms with Crippen LogP contribution in [0, 0.1) is 0 Å². The van der Waals surface area contributed by atoms with Gasteiger partial charge < -0.3 is 4.42 Å². The number of para-hydroxylation sites is 1. The molecule has 1 aliphatic carbocycles. The lowest BCUT2D eigenvalue weighted by atomic mass is 9.80. The van der Waals surface area contributed by atoms with Crippen LogP contribution < -0.4 is 0 Å². The molecule has 0 radical (unpaired) electrons. The zero-order valence-electron chi connectivity index (χ0n) is 26.9. The van der Waals surface area contributed by atoms with E-state index in [0.717, 1.165) is 21.9 Å². The van der Waals surface area contributed by atoms with Gasteiger partial charge in [-0.1, -0.05) is 124 Å². The van der Waals surface area contributed by atoms with Crippen molar-refractivity contribution in [3.63, 3.8) is 0 Å². The molecule has 1 nitrogen and oxygen atoms in total. The Labute approximate surface area is 275 Å². The van der Waals surface area contributed by atoms with Crippen LogP contribution in [0.4, 0.5) is 0 Å². The number of hydrogen-bond acceptors (Lipinski definition) is 1. The van der Waals surface area contributed by atoms with Crippen molar-refractivity contribution in [2.45, 2.75) is 26.2 Å². The highest BCUT2D eigenvalue weighted by Crippen LogP contribution is 2.52. The standard InChI is InChI=1S/C46H34O/c1-5-13-29-27-41-38(24-28(29)6-2)37-25-30(20-22-40(37)46(41,3)4)44-33-15-7-9-17-35(33)45(36-18-10-8-16-34(36)44)31-21-23-43-39(26-31)32-14-11-12-19-42(32)47-43/h5-27H,2H2,1,3-4H3/b13-5-. The second-order valence-electron chi connectivity index (χ2n) is 13.3. The molecule has 0 amide bonds. The van der Waals surface area contributed by atoms with Crippen LogP contribution in [0.15, 0.2) is 138 Å². The van der Waals surface area contributed by atoms with E-state index in [1.54, 1.807) is 0 Å². The van der Waals surface area contributed by atoms with Gasteiger partial charge in [0.25, 0.3) is 0 Å². The first-order chi connectivity index (χ1) is 23.0. The van der Waals surface area contributed by atoms with Crippen LogP contribution >= 0.6 is 0 Å². The van der Waals surface area contributed by atoms with Crippen LogP contribution in [0.3, 0.4) is 0 Å². The summed E-state index contributed by atoms with van der Waals surface area (Å²) in [5.41, 5.74) is 14.5. The van der Waals surface area contributed by atoms with Gasteiger partial charge in [-0.25, -0.2) is 0 Å². The summed E-state index contributed by atoms with van der Waals surface area (Å²) >= 11 is 0. The maximum atomic E-state index is 6.20. The van der Waals surface area contributed by atoms with Crippen LogP contribution in [0.2, 0.25) is 0 Å². The number of benzene rings is 7. The molecule has 1 aromatic heterocycles. The minimum atomic E-state index is -0.0941. The third-order valence-electron chi connectivity index (χ3n) is 10.3. The number of hydrogen-bond donors (Lipinski definition) is 0. The molecule has 0 fully saturated rings. The smallest absolute Gasteiger partial charge is 0.135 e. The molecule has 0 spiro atoms. The van der Waals surface area contributed by atoms with Crippen LogP contribution in [0.1, 0.15) is 43.0 Å². The summed E-state index contributed by atoms with van der Waals surface area (Å²) < 4.78 is 6.20. The summed E-state index contributed by atoms with van der Waals surface area (Å²) in [6.45, 7) is 10.9. The molecular weight excluding hydrogens is 569 g/mol. The van der Waals surface area contributed by atoms with Gasteiger partial charge in [0, 0.05) is 16.2 Å². The predicted molar refractivity (Wildman–Crippen MR) is 202 cm³/mol. The van der Waals surface area contributed by atoms with Gasteiger partial charge >= 0.3 is 0 Å². The molecule has 0 bridgehead atoms. The number of fused-ring (bicyclic) bond motifs is 8. The van der Waals surface area contributed by atoms with Gasteiger partial charge in [0.15, 0.2) is 0 Å². The van der Waals surface area contributed by atoms with Crippen LogP contribution in [0.25, 0.3) is 89.0 Å². The predicted octanol–water partition coefficient (Wildman–Crippen LogP) is 13.2. The normalized spacial score (nSPS) is 13.6. The fourth-order valence-electron chi connectivity index (χ4n) is 8.12. The van der Waals surface area contributed by atoms with Gasteiger partial charge in [-0.3, -0.25) is 0 Å². The molecule has 1 heteroatoms. The van der Waals surface area contributed by atoms with E-state index in [-0.39, 0.29) is 5.41 Å². The molecular formula is C46H34O. The average molecular weight is 603 g/mol. The van der Waals surface area contributed by atoms with Crippen molar-refractivity contribution in [2.24, 2.45) is 0 Å². The average Bonchev–Trinajstić information content (AvgIpc) is 3.57. The van der Waals surface area contributed by atoms with E-state index >= 15 is 0 Å². The molecule has 0 aliphatic heterocycles. The zero-order valence-corrected chi connectivity index (χ0v) is 26.9. The third-order valence-corrected chi connectivity index (χ3v) is 10.3. The molecule has 0 saturated carbocycles. The first-order valence-corrected chi connectivity index (χ1v) is 16.4. The number of furan rings is 1. The highest BCUT2D eigenvalue weighted by molar-refractivity contribution is 6.22. The lowest BCUT2D eigenvalue weighted by Gasteiger charge is -2.22. The molecule has 0 atom stereocenters. The van der Waals surface area contributed by atoms with Crippen LogP contribution in [-0.2, 0) is 5.41 Å². The van der Waals surface area contributed by atoms with Crippen molar-refractivity contribution in [3.05, 3.63) is 156 Å². The van der Waals surface area contributed by atoms with Gasteiger partial charge in [-0.05, 0) is 121 Å². The Morgan fingerprint density at radius 2 is 1.09 bits per heavy atom. The van der Waals surface area contributed by atoms with Gasteiger partial charge in [-0.2, -0.15) is 0 Å². The Kier molecular flexibility index (Phi) is 5.98. The first kappa shape index (κ1) is 27.6. The minimum Gasteiger partial charge on any atom is -0.456 e. The Morgan fingerprint density at radius 1 is 0.532 bits per heavy atom. The summed E-state index contributed by atoms with van der Waals surface area (Å²) in [5, 5.41) is 7.30. The molecule has 9 rings (SSSR count). The Balaban J connectivity index is 1.32. The fraction of sp³-hybridized carbons (Fsp3) is 0.0870. The van der Waals surface area contributed by atoms with Gasteiger partial charge in [0.2, 0.25) is 0 Å². The quantitative estimate of drug-likeness (QED) is 0.183. The number of allylic oxidation sites excluding steroid dienone is 1. The Bertz CT molecular complexity index is 2570. The summed E-state index contributed by atoms with van der Waals surface area (Å²) in [6.07, 6.45) is 6.28. The van der Waals surface area contributed by atoms with Crippen molar-refractivity contribution in [1.29, 1.82) is 0 Å². The Hall–Kier alpha value is -5.66. The first-order valence-electron chi connectivity index (χ1n) is 16.4. The maximum Gasteiger partial charge on any atom is 0.135 e. The van der Waals surface area contributed by atoms with Gasteiger partial charge in [-0.15, -0.1) is 0 Å². The largest absolute Gasteiger partial charge is 0.456 e. The summed E-state index contributed by atoms with van der Waals surface area (Å²) in [5.74, 6) is 0. The Morgan fingerprint density at radius 3 is 1.72 bits per heavy atom. The lowest BCUT2D eigenvalue weighted by Crippen LogP contribution is -2.15. The third kappa shape index (κ3) is 3.96. The second-order valence-corrected chi connectivity index (χ2v) is 13.3. The molecule has 47 heavy (non-hydrogen) atoms. The maximum absolute atomic E-state index is 6.20. The molecule has 0 N–H and O–H groups in total. The van der Waals surface area contributed by atoms with E-state index in [1.807, 2.05) is 18.2 Å². The van der Waals surface area contributed by atoms with Gasteiger partial charge in [0.05, 0.1) is 0 Å². The summed E-state index contributed by atoms with van der Waals surface area (Å²) in [7, 11) is 0. The zero-order chi connectivity index (χ0) is 31.9. The van der Waals surface area contributed by atoms with E-state index in [9.17, 15) is 0 Å². The minimum absolute atomic E-state index is 0.0941. The molecule has 1 aliphatic rings. The van der Waals surface area contributed by atoms with E-state index in [2.05, 4.69) is 149 Å². The molecule has 224 valence electrons. The SMILES string of the molecule is C=Cc1cc2c(cc1/C=C\C)C(C)(C)c1ccc(-c3c4ccccc4c(-c4ccc5oc6ccccc6c5c4)c4ccccc34)cc1-2. The van der Waals surface area contributed by atoms with Crippen molar-refractivity contribution in [1.82, 2.24) is 0 Å². The highest BCUT2D eigenvalue weighted by atomic mass is 16.3.